The lowest BCUT2D eigenvalue weighted by Crippen LogP contribution is -2.09. The SMILES string of the molecule is C(=NCc1ccccc1)Nn1cnnc1. The van der Waals surface area contributed by atoms with Gasteiger partial charge in [-0.15, -0.1) is 10.2 Å². The summed E-state index contributed by atoms with van der Waals surface area (Å²) in [5.41, 5.74) is 4.07. The van der Waals surface area contributed by atoms with Crippen LogP contribution in [0.4, 0.5) is 0 Å². The fourth-order valence-corrected chi connectivity index (χ4v) is 1.11. The molecule has 0 aliphatic heterocycles. The lowest BCUT2D eigenvalue weighted by Gasteiger charge is -1.97. The van der Waals surface area contributed by atoms with E-state index in [4.69, 9.17) is 0 Å². The molecule has 0 aliphatic carbocycles. The van der Waals surface area contributed by atoms with Crippen molar-refractivity contribution < 1.29 is 0 Å². The van der Waals surface area contributed by atoms with E-state index >= 15 is 0 Å². The molecular formula is C10H11N5. The smallest absolute Gasteiger partial charge is 0.139 e. The molecule has 0 atom stereocenters. The van der Waals surface area contributed by atoms with Crippen LogP contribution >= 0.6 is 0 Å². The molecule has 0 unspecified atom stereocenters. The van der Waals surface area contributed by atoms with Gasteiger partial charge in [0, 0.05) is 0 Å². The molecule has 2 aromatic rings. The molecule has 5 nitrogen and oxygen atoms in total. The van der Waals surface area contributed by atoms with Crippen LogP contribution in [0.3, 0.4) is 0 Å². The Morgan fingerprint density at radius 2 is 1.93 bits per heavy atom. The monoisotopic (exact) mass is 201 g/mol. The lowest BCUT2D eigenvalue weighted by atomic mass is 10.2. The van der Waals surface area contributed by atoms with E-state index in [9.17, 15) is 0 Å². The highest BCUT2D eigenvalue weighted by atomic mass is 15.5. The number of benzene rings is 1. The van der Waals surface area contributed by atoms with Crippen molar-refractivity contribution in [3.63, 3.8) is 0 Å². The van der Waals surface area contributed by atoms with Crippen LogP contribution in [0.5, 0.6) is 0 Å². The summed E-state index contributed by atoms with van der Waals surface area (Å²) in [4.78, 5) is 4.20. The van der Waals surface area contributed by atoms with E-state index in [-0.39, 0.29) is 0 Å². The maximum atomic E-state index is 4.20. The highest BCUT2D eigenvalue weighted by Crippen LogP contribution is 1.98. The summed E-state index contributed by atoms with van der Waals surface area (Å²) in [5, 5.41) is 7.30. The number of hydrogen-bond donors (Lipinski definition) is 1. The first kappa shape index (κ1) is 9.39. The Labute approximate surface area is 87.5 Å². The molecule has 0 saturated heterocycles. The van der Waals surface area contributed by atoms with Crippen molar-refractivity contribution in [1.29, 1.82) is 0 Å². The average Bonchev–Trinajstić information content (AvgIpc) is 2.79. The van der Waals surface area contributed by atoms with E-state index in [1.165, 1.54) is 5.56 Å². The lowest BCUT2D eigenvalue weighted by molar-refractivity contribution is 0.966. The number of hydrogen-bond acceptors (Lipinski definition) is 3. The number of aliphatic imine (C=N–C) groups is 1. The molecule has 1 aromatic heterocycles. The van der Waals surface area contributed by atoms with Crippen molar-refractivity contribution >= 4 is 6.34 Å². The summed E-state index contributed by atoms with van der Waals surface area (Å²) in [5.74, 6) is 0. The first-order chi connectivity index (χ1) is 7.45. The van der Waals surface area contributed by atoms with Gasteiger partial charge in [-0.05, 0) is 5.56 Å². The maximum absolute atomic E-state index is 4.20. The van der Waals surface area contributed by atoms with Gasteiger partial charge in [0.15, 0.2) is 0 Å². The maximum Gasteiger partial charge on any atom is 0.139 e. The predicted octanol–water partition coefficient (Wildman–Crippen LogP) is 1.05. The first-order valence-electron chi connectivity index (χ1n) is 4.58. The van der Waals surface area contributed by atoms with Crippen molar-refractivity contribution in [1.82, 2.24) is 14.9 Å². The highest BCUT2D eigenvalue weighted by Gasteiger charge is 1.86. The van der Waals surface area contributed by atoms with Crippen LogP contribution in [0.25, 0.3) is 0 Å². The van der Waals surface area contributed by atoms with E-state index in [2.05, 4.69) is 20.6 Å². The Morgan fingerprint density at radius 1 is 1.20 bits per heavy atom. The summed E-state index contributed by atoms with van der Waals surface area (Å²) in [6, 6.07) is 10.1. The molecule has 0 bridgehead atoms. The Morgan fingerprint density at radius 3 is 2.67 bits per heavy atom. The fraction of sp³-hybridized carbons (Fsp3) is 0.100. The molecule has 0 saturated carbocycles. The molecule has 1 N–H and O–H groups in total. The molecular weight excluding hydrogens is 190 g/mol. The zero-order valence-electron chi connectivity index (χ0n) is 8.11. The predicted molar refractivity (Wildman–Crippen MR) is 58.0 cm³/mol. The number of nitrogens with one attached hydrogen (secondary N) is 1. The Hall–Kier alpha value is -2.17. The van der Waals surface area contributed by atoms with E-state index in [0.717, 1.165) is 0 Å². The van der Waals surface area contributed by atoms with Gasteiger partial charge in [-0.3, -0.25) is 10.4 Å². The van der Waals surface area contributed by atoms with Gasteiger partial charge in [0.25, 0.3) is 0 Å². The van der Waals surface area contributed by atoms with Gasteiger partial charge in [-0.25, -0.2) is 4.68 Å². The van der Waals surface area contributed by atoms with E-state index in [1.54, 1.807) is 23.7 Å². The zero-order valence-corrected chi connectivity index (χ0v) is 8.11. The third-order valence-electron chi connectivity index (χ3n) is 1.83. The van der Waals surface area contributed by atoms with Crippen LogP contribution in [0.1, 0.15) is 5.56 Å². The van der Waals surface area contributed by atoms with Crippen molar-refractivity contribution in [2.45, 2.75) is 6.54 Å². The van der Waals surface area contributed by atoms with Crippen LogP contribution < -0.4 is 5.43 Å². The second-order valence-electron chi connectivity index (χ2n) is 2.95. The fourth-order valence-electron chi connectivity index (χ4n) is 1.11. The van der Waals surface area contributed by atoms with Gasteiger partial charge in [-0.1, -0.05) is 30.3 Å². The number of nitrogens with zero attached hydrogens (tertiary/aromatic N) is 4. The number of aromatic nitrogens is 3. The van der Waals surface area contributed by atoms with Gasteiger partial charge in [0.05, 0.1) is 6.54 Å². The van der Waals surface area contributed by atoms with Gasteiger partial charge in [-0.2, -0.15) is 0 Å². The minimum absolute atomic E-state index is 0.663. The normalized spacial score (nSPS) is 10.7. The van der Waals surface area contributed by atoms with Crippen molar-refractivity contribution in [2.75, 3.05) is 5.43 Å². The van der Waals surface area contributed by atoms with Crippen molar-refractivity contribution in [3.8, 4) is 0 Å². The van der Waals surface area contributed by atoms with Crippen LogP contribution in [0, 0.1) is 0 Å². The van der Waals surface area contributed by atoms with Gasteiger partial charge in [0.1, 0.15) is 19.0 Å². The van der Waals surface area contributed by atoms with Crippen LogP contribution in [-0.2, 0) is 6.54 Å². The number of rotatable bonds is 4. The Bertz CT molecular complexity index is 407. The molecule has 76 valence electrons. The molecule has 0 amide bonds. The van der Waals surface area contributed by atoms with Crippen LogP contribution in [0.15, 0.2) is 48.0 Å². The first-order valence-corrected chi connectivity index (χ1v) is 4.58. The molecule has 0 radical (unpaired) electrons. The zero-order chi connectivity index (χ0) is 10.3. The molecule has 15 heavy (non-hydrogen) atoms. The molecule has 2 rings (SSSR count). The quantitative estimate of drug-likeness (QED) is 0.594. The van der Waals surface area contributed by atoms with Crippen molar-refractivity contribution in [3.05, 3.63) is 48.5 Å². The largest absolute Gasteiger partial charge is 0.282 e. The van der Waals surface area contributed by atoms with Crippen LogP contribution in [-0.4, -0.2) is 21.2 Å². The third-order valence-corrected chi connectivity index (χ3v) is 1.83. The third kappa shape index (κ3) is 2.91. The van der Waals surface area contributed by atoms with Crippen molar-refractivity contribution in [2.24, 2.45) is 4.99 Å². The topological polar surface area (TPSA) is 55.1 Å². The standard InChI is InChI=1S/C10H11N5/c1-2-4-10(5-3-1)6-11-7-14-15-8-12-13-9-15/h1-5,7-9H,6H2,(H,11,14). The van der Waals surface area contributed by atoms with Gasteiger partial charge < -0.3 is 0 Å². The van der Waals surface area contributed by atoms with Gasteiger partial charge in [0.2, 0.25) is 0 Å². The van der Waals surface area contributed by atoms with E-state index < -0.39 is 0 Å². The molecule has 1 aromatic carbocycles. The molecule has 1 heterocycles. The molecule has 0 fully saturated rings. The van der Waals surface area contributed by atoms with Crippen LogP contribution in [0.2, 0.25) is 0 Å². The second-order valence-corrected chi connectivity index (χ2v) is 2.95. The molecule has 0 spiro atoms. The van der Waals surface area contributed by atoms with E-state index in [0.29, 0.717) is 6.54 Å². The molecule has 5 heteroatoms. The summed E-state index contributed by atoms with van der Waals surface area (Å²) < 4.78 is 1.62. The molecule has 0 aliphatic rings. The summed E-state index contributed by atoms with van der Waals surface area (Å²) in [6.07, 6.45) is 4.75. The average molecular weight is 201 g/mol. The Kier molecular flexibility index (Phi) is 3.07. The Balaban J connectivity index is 1.81. The summed E-state index contributed by atoms with van der Waals surface area (Å²) in [6.45, 7) is 0.663. The minimum atomic E-state index is 0.663. The van der Waals surface area contributed by atoms with Gasteiger partial charge >= 0.3 is 0 Å². The summed E-state index contributed by atoms with van der Waals surface area (Å²) >= 11 is 0. The summed E-state index contributed by atoms with van der Waals surface area (Å²) in [7, 11) is 0. The second kappa shape index (κ2) is 4.90. The highest BCUT2D eigenvalue weighted by molar-refractivity contribution is 5.63. The minimum Gasteiger partial charge on any atom is -0.282 e. The van der Waals surface area contributed by atoms with E-state index in [1.807, 2.05) is 30.3 Å².